The van der Waals surface area contributed by atoms with Crippen LogP contribution in [0.2, 0.25) is 0 Å². The summed E-state index contributed by atoms with van der Waals surface area (Å²) in [4.78, 5) is 11.0. The van der Waals surface area contributed by atoms with Gasteiger partial charge in [-0.25, -0.2) is 9.89 Å². The highest BCUT2D eigenvalue weighted by Gasteiger charge is 2.02. The van der Waals surface area contributed by atoms with Crippen molar-refractivity contribution in [2.45, 2.75) is 6.92 Å². The molecule has 72 valence electrons. The van der Waals surface area contributed by atoms with E-state index in [0.29, 0.717) is 12.6 Å². The lowest BCUT2D eigenvalue weighted by Gasteiger charge is -1.96. The van der Waals surface area contributed by atoms with Gasteiger partial charge in [0, 0.05) is 7.05 Å². The van der Waals surface area contributed by atoms with Gasteiger partial charge in [0.15, 0.2) is 6.40 Å². The normalized spacial score (nSPS) is 10.6. The lowest BCUT2D eigenvalue weighted by Crippen LogP contribution is -2.14. The summed E-state index contributed by atoms with van der Waals surface area (Å²) >= 11 is 0. The van der Waals surface area contributed by atoms with Crippen LogP contribution in [0.3, 0.4) is 0 Å². The summed E-state index contributed by atoms with van der Waals surface area (Å²) in [5, 5.41) is 12.3. The van der Waals surface area contributed by atoms with E-state index in [1.54, 1.807) is 7.05 Å². The van der Waals surface area contributed by atoms with Crippen LogP contribution in [-0.2, 0) is 4.74 Å². The molecule has 0 radical (unpaired) electrons. The predicted molar refractivity (Wildman–Crippen MR) is 47.9 cm³/mol. The van der Waals surface area contributed by atoms with Crippen LogP contribution in [0.15, 0.2) is 9.90 Å². The van der Waals surface area contributed by atoms with E-state index in [9.17, 15) is 4.79 Å². The first-order valence-electron chi connectivity index (χ1n) is 3.79. The first-order chi connectivity index (χ1) is 6.29. The topological polar surface area (TPSA) is 84.3 Å². The van der Waals surface area contributed by atoms with Crippen molar-refractivity contribution in [2.24, 2.45) is 5.10 Å². The number of aromatic nitrogens is 3. The third-order valence-electron chi connectivity index (χ3n) is 1.28. The molecule has 0 amide bonds. The van der Waals surface area contributed by atoms with Crippen LogP contribution in [0.4, 0.5) is 5.95 Å². The standard InChI is InChI=1S/C6H11N5O2/c1-3-13-4-8-11-5(7-2)9-10-6(11)12/h4H,3H2,1-2H3,(H,7,9)(H,10,12)/b8-4+. The van der Waals surface area contributed by atoms with E-state index in [1.807, 2.05) is 6.92 Å². The van der Waals surface area contributed by atoms with Crippen molar-refractivity contribution in [1.29, 1.82) is 0 Å². The van der Waals surface area contributed by atoms with Crippen molar-refractivity contribution in [2.75, 3.05) is 19.0 Å². The first-order valence-corrected chi connectivity index (χ1v) is 3.79. The second-order valence-corrected chi connectivity index (χ2v) is 2.09. The van der Waals surface area contributed by atoms with Gasteiger partial charge >= 0.3 is 5.69 Å². The molecule has 13 heavy (non-hydrogen) atoms. The third-order valence-corrected chi connectivity index (χ3v) is 1.28. The van der Waals surface area contributed by atoms with Gasteiger partial charge in [0.1, 0.15) is 0 Å². The molecule has 0 aliphatic rings. The molecule has 0 unspecified atom stereocenters. The van der Waals surface area contributed by atoms with Gasteiger partial charge in [0.2, 0.25) is 5.95 Å². The third kappa shape index (κ3) is 2.08. The summed E-state index contributed by atoms with van der Waals surface area (Å²) < 4.78 is 5.91. The predicted octanol–water partition coefficient (Wildman–Crippen LogP) is -0.559. The van der Waals surface area contributed by atoms with E-state index in [1.165, 1.54) is 6.40 Å². The molecule has 0 aliphatic heterocycles. The Morgan fingerprint density at radius 3 is 3.23 bits per heavy atom. The number of anilines is 1. The van der Waals surface area contributed by atoms with Gasteiger partial charge in [0.05, 0.1) is 6.61 Å². The van der Waals surface area contributed by atoms with E-state index >= 15 is 0 Å². The number of nitrogens with one attached hydrogen (secondary N) is 2. The Morgan fingerprint density at radius 1 is 1.85 bits per heavy atom. The number of nitrogens with zero attached hydrogens (tertiary/aromatic N) is 3. The molecule has 0 aromatic carbocycles. The van der Waals surface area contributed by atoms with Crippen LogP contribution in [0, 0.1) is 0 Å². The molecule has 1 rings (SSSR count). The molecule has 1 aromatic heterocycles. The van der Waals surface area contributed by atoms with E-state index in [2.05, 4.69) is 20.6 Å². The Kier molecular flexibility index (Phi) is 3.07. The summed E-state index contributed by atoms with van der Waals surface area (Å²) in [6, 6.07) is 0. The average Bonchev–Trinajstić information content (AvgIpc) is 2.48. The van der Waals surface area contributed by atoms with Crippen LogP contribution >= 0.6 is 0 Å². The zero-order chi connectivity index (χ0) is 9.68. The number of rotatable bonds is 4. The van der Waals surface area contributed by atoms with Gasteiger partial charge in [-0.2, -0.15) is 0 Å². The van der Waals surface area contributed by atoms with Gasteiger partial charge < -0.3 is 10.1 Å². The number of ether oxygens (including phenoxy) is 1. The van der Waals surface area contributed by atoms with Crippen molar-refractivity contribution in [1.82, 2.24) is 14.9 Å². The van der Waals surface area contributed by atoms with Crippen molar-refractivity contribution in [3.63, 3.8) is 0 Å². The minimum atomic E-state index is -0.416. The highest BCUT2D eigenvalue weighted by molar-refractivity contribution is 5.46. The fourth-order valence-corrected chi connectivity index (χ4v) is 0.716. The molecule has 0 saturated heterocycles. The zero-order valence-electron chi connectivity index (χ0n) is 7.44. The van der Waals surface area contributed by atoms with E-state index < -0.39 is 5.69 Å². The average molecular weight is 185 g/mol. The zero-order valence-corrected chi connectivity index (χ0v) is 7.44. The maximum Gasteiger partial charge on any atom is 0.365 e. The molecule has 7 nitrogen and oxygen atoms in total. The fraction of sp³-hybridized carbons (Fsp3) is 0.500. The SMILES string of the molecule is CCO/C=N/n1c(NC)n[nH]c1=O. The monoisotopic (exact) mass is 185 g/mol. The molecule has 0 atom stereocenters. The fourth-order valence-electron chi connectivity index (χ4n) is 0.716. The quantitative estimate of drug-likeness (QED) is 0.486. The molecule has 1 aromatic rings. The van der Waals surface area contributed by atoms with E-state index in [-0.39, 0.29) is 0 Å². The van der Waals surface area contributed by atoms with Gasteiger partial charge in [-0.05, 0) is 6.92 Å². The Hall–Kier alpha value is -1.79. The van der Waals surface area contributed by atoms with Crippen LogP contribution < -0.4 is 11.0 Å². The maximum absolute atomic E-state index is 11.0. The van der Waals surface area contributed by atoms with Crippen molar-refractivity contribution < 1.29 is 4.74 Å². The molecule has 0 fully saturated rings. The van der Waals surface area contributed by atoms with E-state index in [0.717, 1.165) is 4.68 Å². The minimum absolute atomic E-state index is 0.334. The Labute approximate surface area is 74.4 Å². The molecule has 7 heteroatoms. The lowest BCUT2D eigenvalue weighted by molar-refractivity contribution is 0.340. The summed E-state index contributed by atoms with van der Waals surface area (Å²) in [5.74, 6) is 0.334. The Balaban J connectivity index is 2.85. The van der Waals surface area contributed by atoms with Crippen molar-refractivity contribution >= 4 is 12.3 Å². The molecular weight excluding hydrogens is 174 g/mol. The number of aromatic amines is 1. The summed E-state index contributed by atoms with van der Waals surface area (Å²) in [7, 11) is 1.64. The maximum atomic E-state index is 11.0. The van der Waals surface area contributed by atoms with Crippen LogP contribution in [0.5, 0.6) is 0 Å². The minimum Gasteiger partial charge on any atom is -0.482 e. The van der Waals surface area contributed by atoms with E-state index in [4.69, 9.17) is 4.74 Å². The lowest BCUT2D eigenvalue weighted by atomic mass is 10.9. The van der Waals surface area contributed by atoms with Gasteiger partial charge in [-0.3, -0.25) is 0 Å². The molecule has 0 saturated carbocycles. The van der Waals surface area contributed by atoms with Crippen molar-refractivity contribution in [3.8, 4) is 0 Å². The largest absolute Gasteiger partial charge is 0.482 e. The molecule has 0 spiro atoms. The first kappa shape index (κ1) is 9.30. The molecular formula is C6H11N5O2. The highest BCUT2D eigenvalue weighted by Crippen LogP contribution is 1.93. The van der Waals surface area contributed by atoms with Gasteiger partial charge in [-0.15, -0.1) is 14.9 Å². The molecule has 0 bridgehead atoms. The smallest absolute Gasteiger partial charge is 0.365 e. The van der Waals surface area contributed by atoms with Gasteiger partial charge in [0.25, 0.3) is 0 Å². The number of hydrogen-bond acceptors (Lipinski definition) is 5. The molecule has 0 aliphatic carbocycles. The van der Waals surface area contributed by atoms with Crippen LogP contribution in [0.1, 0.15) is 6.92 Å². The van der Waals surface area contributed by atoms with Crippen LogP contribution in [-0.4, -0.2) is 34.9 Å². The molecule has 2 N–H and O–H groups in total. The second kappa shape index (κ2) is 4.29. The molecule has 1 heterocycles. The summed E-state index contributed by atoms with van der Waals surface area (Å²) in [5.41, 5.74) is -0.416. The Bertz CT molecular complexity index is 339. The number of H-pyrrole nitrogens is 1. The highest BCUT2D eigenvalue weighted by atomic mass is 16.5. The second-order valence-electron chi connectivity index (χ2n) is 2.09. The van der Waals surface area contributed by atoms with Crippen LogP contribution in [0.25, 0.3) is 0 Å². The summed E-state index contributed by atoms with van der Waals surface area (Å²) in [6.07, 6.45) is 1.19. The summed E-state index contributed by atoms with van der Waals surface area (Å²) in [6.45, 7) is 2.33. The van der Waals surface area contributed by atoms with Gasteiger partial charge in [-0.1, -0.05) is 0 Å². The van der Waals surface area contributed by atoms with Crippen molar-refractivity contribution in [3.05, 3.63) is 10.5 Å². The Morgan fingerprint density at radius 2 is 2.62 bits per heavy atom. The number of hydrogen-bond donors (Lipinski definition) is 2.